The zero-order valence-electron chi connectivity index (χ0n) is 11.6. The number of aliphatic hydroxyl groups excluding tert-OH is 1. The molecule has 2 N–H and O–H groups in total. The van der Waals surface area contributed by atoms with Crippen molar-refractivity contribution >= 4 is 11.8 Å². The normalized spacial score (nSPS) is 21.0. The molecule has 0 spiro atoms. The standard InChI is InChI=1S/C13H27NO2S/c1-12(2,3)16-9-11(15)8-14-10-13(17-4)6-5-7-13/h11,14-15H,5-10H2,1-4H3. The van der Waals surface area contributed by atoms with Gasteiger partial charge in [0.25, 0.3) is 0 Å². The number of ether oxygens (including phenoxy) is 1. The van der Waals surface area contributed by atoms with E-state index >= 15 is 0 Å². The highest BCUT2D eigenvalue weighted by Crippen LogP contribution is 2.42. The maximum Gasteiger partial charge on any atom is 0.0897 e. The Morgan fingerprint density at radius 1 is 1.41 bits per heavy atom. The number of aliphatic hydroxyl groups is 1. The minimum absolute atomic E-state index is 0.171. The Labute approximate surface area is 110 Å². The maximum atomic E-state index is 9.78. The lowest BCUT2D eigenvalue weighted by molar-refractivity contribution is -0.0480. The summed E-state index contributed by atoms with van der Waals surface area (Å²) < 4.78 is 5.98. The first-order chi connectivity index (χ1) is 7.87. The summed E-state index contributed by atoms with van der Waals surface area (Å²) >= 11 is 1.95. The highest BCUT2D eigenvalue weighted by Gasteiger charge is 2.35. The van der Waals surface area contributed by atoms with Gasteiger partial charge in [-0.3, -0.25) is 0 Å². The molecule has 1 atom stereocenters. The quantitative estimate of drug-likeness (QED) is 0.736. The van der Waals surface area contributed by atoms with Crippen molar-refractivity contribution in [3.63, 3.8) is 0 Å². The molecular weight excluding hydrogens is 234 g/mol. The third kappa shape index (κ3) is 5.60. The van der Waals surface area contributed by atoms with Crippen molar-refractivity contribution in [2.45, 2.75) is 56.5 Å². The third-order valence-corrected chi connectivity index (χ3v) is 4.65. The first-order valence-electron chi connectivity index (χ1n) is 6.45. The van der Waals surface area contributed by atoms with E-state index in [1.54, 1.807) is 0 Å². The number of thioether (sulfide) groups is 1. The lowest BCUT2D eigenvalue weighted by Crippen LogP contribution is -2.45. The van der Waals surface area contributed by atoms with E-state index in [1.807, 2.05) is 32.5 Å². The van der Waals surface area contributed by atoms with Gasteiger partial charge in [-0.1, -0.05) is 6.42 Å². The molecule has 1 unspecified atom stereocenters. The monoisotopic (exact) mass is 261 g/mol. The summed E-state index contributed by atoms with van der Waals surface area (Å²) in [6.45, 7) is 8.04. The second kappa shape index (κ2) is 6.41. The smallest absolute Gasteiger partial charge is 0.0897 e. The van der Waals surface area contributed by atoms with E-state index < -0.39 is 6.10 Å². The van der Waals surface area contributed by atoms with E-state index in [4.69, 9.17) is 4.74 Å². The average molecular weight is 261 g/mol. The Bertz CT molecular complexity index is 218. The van der Waals surface area contributed by atoms with E-state index in [1.165, 1.54) is 19.3 Å². The molecule has 0 aromatic carbocycles. The molecule has 17 heavy (non-hydrogen) atoms. The molecule has 1 saturated carbocycles. The largest absolute Gasteiger partial charge is 0.389 e. The van der Waals surface area contributed by atoms with E-state index in [0.717, 1.165) is 6.54 Å². The van der Waals surface area contributed by atoms with Crippen LogP contribution < -0.4 is 5.32 Å². The van der Waals surface area contributed by atoms with Crippen LogP contribution in [0.3, 0.4) is 0 Å². The molecular formula is C13H27NO2S. The predicted molar refractivity (Wildman–Crippen MR) is 74.7 cm³/mol. The fraction of sp³-hybridized carbons (Fsp3) is 1.00. The molecule has 1 aliphatic carbocycles. The molecule has 1 aliphatic rings. The number of nitrogens with one attached hydrogen (secondary N) is 1. The first kappa shape index (κ1) is 15.3. The summed E-state index contributed by atoms with van der Waals surface area (Å²) in [5.74, 6) is 0. The Kier molecular flexibility index (Phi) is 5.77. The minimum atomic E-state index is -0.409. The summed E-state index contributed by atoms with van der Waals surface area (Å²) in [7, 11) is 0. The molecule has 4 heteroatoms. The minimum Gasteiger partial charge on any atom is -0.389 e. The Hall–Kier alpha value is 0.230. The summed E-state index contributed by atoms with van der Waals surface area (Å²) in [6.07, 6.45) is 5.72. The van der Waals surface area contributed by atoms with Crippen molar-refractivity contribution in [3.05, 3.63) is 0 Å². The van der Waals surface area contributed by atoms with Gasteiger partial charge in [0.2, 0.25) is 0 Å². The summed E-state index contributed by atoms with van der Waals surface area (Å²) in [6, 6.07) is 0. The summed E-state index contributed by atoms with van der Waals surface area (Å²) in [5.41, 5.74) is -0.171. The zero-order chi connectivity index (χ0) is 12.9. The van der Waals surface area contributed by atoms with Crippen molar-refractivity contribution in [1.82, 2.24) is 5.32 Å². The number of hydrogen-bond acceptors (Lipinski definition) is 4. The second-order valence-corrected chi connectivity index (χ2v) is 7.22. The van der Waals surface area contributed by atoms with Crippen molar-refractivity contribution < 1.29 is 9.84 Å². The molecule has 3 nitrogen and oxygen atoms in total. The van der Waals surface area contributed by atoms with Gasteiger partial charge in [0.05, 0.1) is 18.3 Å². The molecule has 0 aromatic rings. The molecule has 0 saturated heterocycles. The van der Waals surface area contributed by atoms with Crippen LogP contribution in [0.2, 0.25) is 0 Å². The lowest BCUT2D eigenvalue weighted by atomic mass is 9.84. The number of rotatable bonds is 7. The number of hydrogen-bond donors (Lipinski definition) is 2. The van der Waals surface area contributed by atoms with Gasteiger partial charge < -0.3 is 15.2 Å². The van der Waals surface area contributed by atoms with E-state index in [2.05, 4.69) is 11.6 Å². The fourth-order valence-electron chi connectivity index (χ4n) is 1.90. The highest BCUT2D eigenvalue weighted by molar-refractivity contribution is 8.00. The van der Waals surface area contributed by atoms with Gasteiger partial charge in [-0.05, 0) is 39.9 Å². The van der Waals surface area contributed by atoms with Gasteiger partial charge in [-0.15, -0.1) is 0 Å². The van der Waals surface area contributed by atoms with Crippen molar-refractivity contribution in [1.29, 1.82) is 0 Å². The van der Waals surface area contributed by atoms with Gasteiger partial charge in [0, 0.05) is 17.8 Å². The van der Waals surface area contributed by atoms with E-state index in [0.29, 0.717) is 17.9 Å². The average Bonchev–Trinajstić information content (AvgIpc) is 2.18. The lowest BCUT2D eigenvalue weighted by Gasteiger charge is -2.40. The molecule has 0 bridgehead atoms. The van der Waals surface area contributed by atoms with Crippen LogP contribution in [0.1, 0.15) is 40.0 Å². The van der Waals surface area contributed by atoms with Crippen LogP contribution in [0.25, 0.3) is 0 Å². The van der Waals surface area contributed by atoms with Crippen molar-refractivity contribution in [2.75, 3.05) is 26.0 Å². The first-order valence-corrected chi connectivity index (χ1v) is 7.67. The molecule has 0 aliphatic heterocycles. The van der Waals surface area contributed by atoms with Crippen LogP contribution in [0.5, 0.6) is 0 Å². The molecule has 0 aromatic heterocycles. The maximum absolute atomic E-state index is 9.78. The molecule has 102 valence electrons. The van der Waals surface area contributed by atoms with Crippen LogP contribution in [-0.2, 0) is 4.74 Å². The highest BCUT2D eigenvalue weighted by atomic mass is 32.2. The second-order valence-electron chi connectivity index (χ2n) is 5.95. The van der Waals surface area contributed by atoms with Crippen LogP contribution in [0, 0.1) is 0 Å². The molecule has 1 fully saturated rings. The van der Waals surface area contributed by atoms with Gasteiger partial charge in [0.1, 0.15) is 0 Å². The Morgan fingerprint density at radius 3 is 2.47 bits per heavy atom. The van der Waals surface area contributed by atoms with E-state index in [9.17, 15) is 5.11 Å². The van der Waals surface area contributed by atoms with Gasteiger partial charge in [-0.2, -0.15) is 11.8 Å². The van der Waals surface area contributed by atoms with Crippen LogP contribution in [0.15, 0.2) is 0 Å². The van der Waals surface area contributed by atoms with Crippen LogP contribution >= 0.6 is 11.8 Å². The molecule has 1 rings (SSSR count). The Morgan fingerprint density at radius 2 is 2.06 bits per heavy atom. The van der Waals surface area contributed by atoms with Gasteiger partial charge in [0.15, 0.2) is 0 Å². The van der Waals surface area contributed by atoms with Gasteiger partial charge >= 0.3 is 0 Å². The SMILES string of the molecule is CSC1(CNCC(O)COC(C)(C)C)CCC1. The predicted octanol–water partition coefficient (Wildman–Crippen LogP) is 2.04. The summed E-state index contributed by atoms with van der Waals surface area (Å²) in [4.78, 5) is 0. The molecule has 0 heterocycles. The van der Waals surface area contributed by atoms with Crippen molar-refractivity contribution in [2.24, 2.45) is 0 Å². The Balaban J connectivity index is 2.09. The van der Waals surface area contributed by atoms with Crippen LogP contribution in [-0.4, -0.2) is 47.5 Å². The zero-order valence-corrected chi connectivity index (χ0v) is 12.4. The topological polar surface area (TPSA) is 41.5 Å². The molecule has 0 radical (unpaired) electrons. The third-order valence-electron chi connectivity index (χ3n) is 3.23. The van der Waals surface area contributed by atoms with Gasteiger partial charge in [-0.25, -0.2) is 0 Å². The summed E-state index contributed by atoms with van der Waals surface area (Å²) in [5, 5.41) is 13.1. The fourth-order valence-corrected chi connectivity index (χ4v) is 2.84. The van der Waals surface area contributed by atoms with Crippen LogP contribution in [0.4, 0.5) is 0 Å². The van der Waals surface area contributed by atoms with Crippen molar-refractivity contribution in [3.8, 4) is 0 Å². The van der Waals surface area contributed by atoms with E-state index in [-0.39, 0.29) is 5.60 Å². The molecule has 0 amide bonds.